The molecule has 0 aromatic heterocycles. The van der Waals surface area contributed by atoms with Gasteiger partial charge in [0.1, 0.15) is 0 Å². The number of hydrogen-bond donors (Lipinski definition) is 1. The van der Waals surface area contributed by atoms with Crippen molar-refractivity contribution in [3.8, 4) is 0 Å². The van der Waals surface area contributed by atoms with Gasteiger partial charge in [-0.15, -0.1) is 0 Å². The summed E-state index contributed by atoms with van der Waals surface area (Å²) in [5.41, 5.74) is 1.73. The highest BCUT2D eigenvalue weighted by Gasteiger charge is 2.52. The zero-order valence-corrected chi connectivity index (χ0v) is 15.7. The molecular weight excluding hydrogens is 373 g/mol. The van der Waals surface area contributed by atoms with E-state index in [1.807, 2.05) is 49.4 Å². The van der Waals surface area contributed by atoms with E-state index in [-0.39, 0.29) is 0 Å². The molecule has 1 amide bonds. The molecule has 1 atom stereocenters. The van der Waals surface area contributed by atoms with Gasteiger partial charge < -0.3 is 5.32 Å². The number of thioether (sulfide) groups is 1. The molecule has 2 aromatic rings. The van der Waals surface area contributed by atoms with Crippen LogP contribution in [0.4, 0.5) is 5.69 Å². The van der Waals surface area contributed by atoms with Crippen molar-refractivity contribution < 1.29 is 4.79 Å². The van der Waals surface area contributed by atoms with Crippen molar-refractivity contribution in [2.45, 2.75) is 27.3 Å². The zero-order chi connectivity index (χ0) is 17.1. The zero-order valence-electron chi connectivity index (χ0n) is 12.6. The standard InChI is InChI=1S/C17H16Cl3NOS/c1-12-8-10-13(11-9-12)21-15(22)17(20,16(2,18)19)23-14-6-4-3-5-7-14/h3-11H,1-2H3,(H,21,22). The van der Waals surface area contributed by atoms with Gasteiger partial charge in [0.25, 0.3) is 5.91 Å². The SMILES string of the molecule is Cc1ccc(NC(=O)C(Cl)(Sc2ccccc2)C(C)(Cl)Cl)cc1. The van der Waals surface area contributed by atoms with E-state index in [2.05, 4.69) is 5.32 Å². The van der Waals surface area contributed by atoms with Crippen LogP contribution in [0.1, 0.15) is 12.5 Å². The molecule has 0 aliphatic heterocycles. The van der Waals surface area contributed by atoms with Crippen LogP contribution in [0.5, 0.6) is 0 Å². The predicted molar refractivity (Wildman–Crippen MR) is 101 cm³/mol. The number of carbonyl (C=O) groups is 1. The molecule has 23 heavy (non-hydrogen) atoms. The molecule has 2 rings (SSSR count). The Hall–Kier alpha value is -0.870. The largest absolute Gasteiger partial charge is 0.324 e. The van der Waals surface area contributed by atoms with Gasteiger partial charge in [-0.1, -0.05) is 82.5 Å². The Kier molecular flexibility index (Phi) is 5.90. The van der Waals surface area contributed by atoms with Crippen molar-refractivity contribution in [3.05, 3.63) is 60.2 Å². The first kappa shape index (κ1) is 18.5. The lowest BCUT2D eigenvalue weighted by Gasteiger charge is -2.33. The van der Waals surface area contributed by atoms with E-state index in [9.17, 15) is 4.79 Å². The fourth-order valence-electron chi connectivity index (χ4n) is 1.83. The van der Waals surface area contributed by atoms with Crippen molar-refractivity contribution in [2.75, 3.05) is 5.32 Å². The van der Waals surface area contributed by atoms with Crippen LogP contribution < -0.4 is 5.32 Å². The van der Waals surface area contributed by atoms with E-state index in [1.165, 1.54) is 6.92 Å². The fraction of sp³-hybridized carbons (Fsp3) is 0.235. The highest BCUT2D eigenvalue weighted by molar-refractivity contribution is 8.03. The number of anilines is 1. The Labute approximate surface area is 155 Å². The van der Waals surface area contributed by atoms with E-state index in [0.717, 1.165) is 22.2 Å². The Bertz CT molecular complexity index is 670. The number of alkyl halides is 3. The van der Waals surface area contributed by atoms with E-state index in [1.54, 1.807) is 12.1 Å². The van der Waals surface area contributed by atoms with Gasteiger partial charge in [0.05, 0.1) is 0 Å². The van der Waals surface area contributed by atoms with Gasteiger partial charge >= 0.3 is 0 Å². The summed E-state index contributed by atoms with van der Waals surface area (Å²) in [6.45, 7) is 3.48. The van der Waals surface area contributed by atoms with E-state index < -0.39 is 14.4 Å². The Balaban J connectivity index is 2.27. The van der Waals surface area contributed by atoms with Crippen LogP contribution in [0.25, 0.3) is 0 Å². The molecule has 0 fully saturated rings. The maximum atomic E-state index is 12.7. The number of amides is 1. The number of rotatable bonds is 5. The first-order valence-electron chi connectivity index (χ1n) is 6.91. The molecule has 0 bridgehead atoms. The Morgan fingerprint density at radius 1 is 1.00 bits per heavy atom. The average molecular weight is 389 g/mol. The number of nitrogens with one attached hydrogen (secondary N) is 1. The van der Waals surface area contributed by atoms with Crippen LogP contribution in [0, 0.1) is 6.92 Å². The molecule has 0 saturated carbocycles. The molecule has 122 valence electrons. The summed E-state index contributed by atoms with van der Waals surface area (Å²) in [7, 11) is 0. The molecule has 0 aliphatic carbocycles. The summed E-state index contributed by atoms with van der Waals surface area (Å²) in [4.78, 5) is 13.5. The minimum absolute atomic E-state index is 0.468. The van der Waals surface area contributed by atoms with Gasteiger partial charge in [0, 0.05) is 10.6 Å². The molecular formula is C17H16Cl3NOS. The van der Waals surface area contributed by atoms with Crippen LogP contribution in [-0.4, -0.2) is 14.4 Å². The first-order chi connectivity index (χ1) is 10.7. The lowest BCUT2D eigenvalue weighted by molar-refractivity contribution is -0.116. The van der Waals surface area contributed by atoms with Gasteiger partial charge in [-0.3, -0.25) is 4.79 Å². The van der Waals surface area contributed by atoms with E-state index in [4.69, 9.17) is 34.8 Å². The van der Waals surface area contributed by atoms with Gasteiger partial charge in [0.2, 0.25) is 4.21 Å². The van der Waals surface area contributed by atoms with Crippen molar-refractivity contribution in [1.82, 2.24) is 0 Å². The topological polar surface area (TPSA) is 29.1 Å². The second-order valence-electron chi connectivity index (χ2n) is 5.22. The number of carbonyl (C=O) groups excluding carboxylic acids is 1. The fourth-order valence-corrected chi connectivity index (χ4v) is 3.49. The second-order valence-corrected chi connectivity index (χ2v) is 9.00. The third-order valence-electron chi connectivity index (χ3n) is 3.17. The molecule has 0 saturated heterocycles. The number of hydrogen-bond acceptors (Lipinski definition) is 2. The summed E-state index contributed by atoms with van der Waals surface area (Å²) in [6, 6.07) is 16.7. The van der Waals surface area contributed by atoms with Gasteiger partial charge in [-0.25, -0.2) is 0 Å². The molecule has 6 heteroatoms. The monoisotopic (exact) mass is 387 g/mol. The van der Waals surface area contributed by atoms with Crippen molar-refractivity contribution in [2.24, 2.45) is 0 Å². The third kappa shape index (κ3) is 4.57. The van der Waals surface area contributed by atoms with Gasteiger partial charge in [-0.05, 0) is 38.1 Å². The molecule has 2 aromatic carbocycles. The first-order valence-corrected chi connectivity index (χ1v) is 8.86. The number of benzene rings is 2. The molecule has 1 N–H and O–H groups in total. The summed E-state index contributed by atoms with van der Waals surface area (Å²) in [5.74, 6) is -0.468. The molecule has 1 unspecified atom stereocenters. The van der Waals surface area contributed by atoms with Crippen LogP contribution in [0.15, 0.2) is 59.5 Å². The van der Waals surface area contributed by atoms with Crippen molar-refractivity contribution >= 4 is 58.2 Å². The lowest BCUT2D eigenvalue weighted by Crippen LogP contribution is -2.46. The van der Waals surface area contributed by atoms with E-state index in [0.29, 0.717) is 5.69 Å². The minimum atomic E-state index is -1.58. The Morgan fingerprint density at radius 3 is 2.09 bits per heavy atom. The predicted octanol–water partition coefficient (Wildman–Crippen LogP) is 5.85. The molecule has 0 aliphatic rings. The van der Waals surface area contributed by atoms with Gasteiger partial charge in [-0.2, -0.15) is 0 Å². The van der Waals surface area contributed by atoms with Crippen LogP contribution in [0.3, 0.4) is 0 Å². The molecule has 0 radical (unpaired) electrons. The number of aryl methyl sites for hydroxylation is 1. The normalized spacial score (nSPS) is 14.1. The third-order valence-corrected chi connectivity index (χ3v) is 6.32. The van der Waals surface area contributed by atoms with Crippen molar-refractivity contribution in [1.29, 1.82) is 0 Å². The highest BCUT2D eigenvalue weighted by atomic mass is 35.5. The maximum Gasteiger partial charge on any atom is 0.259 e. The second kappa shape index (κ2) is 7.35. The molecule has 0 spiro atoms. The smallest absolute Gasteiger partial charge is 0.259 e. The van der Waals surface area contributed by atoms with Crippen LogP contribution >= 0.6 is 46.6 Å². The van der Waals surface area contributed by atoms with Gasteiger partial charge in [0.15, 0.2) is 4.33 Å². The van der Waals surface area contributed by atoms with Crippen molar-refractivity contribution in [3.63, 3.8) is 0 Å². The summed E-state index contributed by atoms with van der Waals surface area (Å²) in [6.07, 6.45) is 0. The highest BCUT2D eigenvalue weighted by Crippen LogP contribution is 2.50. The van der Waals surface area contributed by atoms with Crippen LogP contribution in [0.2, 0.25) is 0 Å². The summed E-state index contributed by atoms with van der Waals surface area (Å²) >= 11 is 20.1. The maximum absolute atomic E-state index is 12.7. The lowest BCUT2D eigenvalue weighted by atomic mass is 10.2. The summed E-state index contributed by atoms with van der Waals surface area (Å²) < 4.78 is -3.06. The molecule has 0 heterocycles. The molecule has 2 nitrogen and oxygen atoms in total. The Morgan fingerprint density at radius 2 is 1.57 bits per heavy atom. The van der Waals surface area contributed by atoms with Crippen LogP contribution in [-0.2, 0) is 4.79 Å². The average Bonchev–Trinajstić information content (AvgIpc) is 2.49. The van der Waals surface area contributed by atoms with E-state index >= 15 is 0 Å². The quantitative estimate of drug-likeness (QED) is 0.514. The number of halogens is 3. The minimum Gasteiger partial charge on any atom is -0.324 e. The summed E-state index contributed by atoms with van der Waals surface area (Å²) in [5, 5.41) is 2.78.